The lowest BCUT2D eigenvalue weighted by Crippen LogP contribution is -2.52. The van der Waals surface area contributed by atoms with E-state index in [9.17, 15) is 23.1 Å². The number of hydrogen-bond acceptors (Lipinski definition) is 6. The van der Waals surface area contributed by atoms with Crippen LogP contribution in [0.5, 0.6) is 5.75 Å². The zero-order valence-corrected chi connectivity index (χ0v) is 25.2. The van der Waals surface area contributed by atoms with Crippen LogP contribution in [-0.4, -0.2) is 80.2 Å². The Kier molecular flexibility index (Phi) is 10.0. The van der Waals surface area contributed by atoms with Crippen LogP contribution < -0.4 is 14.8 Å². The van der Waals surface area contributed by atoms with E-state index >= 15 is 0 Å². The first kappa shape index (κ1) is 30.9. The predicted octanol–water partition coefficient (Wildman–Crippen LogP) is 4.34. The summed E-state index contributed by atoms with van der Waals surface area (Å²) in [6.45, 7) is 4.01. The van der Waals surface area contributed by atoms with Crippen molar-refractivity contribution in [2.45, 2.75) is 69.0 Å². The highest BCUT2D eigenvalue weighted by Gasteiger charge is 2.34. The monoisotopic (exact) mass is 606 g/mol. The summed E-state index contributed by atoms with van der Waals surface area (Å²) in [6, 6.07) is 9.79. The number of anilines is 1. The number of amides is 3. The van der Waals surface area contributed by atoms with Gasteiger partial charge in [-0.2, -0.15) is 0 Å². The average Bonchev–Trinajstić information content (AvgIpc) is 2.95. The van der Waals surface area contributed by atoms with Gasteiger partial charge < -0.3 is 25.0 Å². The first-order valence-corrected chi connectivity index (χ1v) is 15.9. The van der Waals surface area contributed by atoms with Crippen molar-refractivity contribution in [3.8, 4) is 5.75 Å². The Bertz CT molecular complexity index is 1330. The number of halogens is 1. The number of rotatable bonds is 8. The molecule has 2 aliphatic rings. The molecule has 3 atom stereocenters. The number of ether oxygens (including phenoxy) is 1. The van der Waals surface area contributed by atoms with Crippen molar-refractivity contribution in [1.82, 2.24) is 15.1 Å². The van der Waals surface area contributed by atoms with E-state index in [4.69, 9.17) is 16.3 Å². The normalized spacial score (nSPS) is 20.7. The second kappa shape index (κ2) is 13.3. The number of urea groups is 1. The summed E-state index contributed by atoms with van der Waals surface area (Å²) in [7, 11) is -2.22. The van der Waals surface area contributed by atoms with Crippen molar-refractivity contribution >= 4 is 39.2 Å². The van der Waals surface area contributed by atoms with Crippen molar-refractivity contribution < 1.29 is 27.9 Å². The van der Waals surface area contributed by atoms with E-state index < -0.39 is 22.2 Å². The lowest BCUT2D eigenvalue weighted by molar-refractivity contribution is 0.0366. The number of fused-ring (bicyclic) bond motifs is 1. The van der Waals surface area contributed by atoms with Gasteiger partial charge in [-0.15, -0.1) is 0 Å². The van der Waals surface area contributed by atoms with Gasteiger partial charge in [0.2, 0.25) is 0 Å². The zero-order chi connectivity index (χ0) is 29.7. The smallest absolute Gasteiger partial charge is 0.317 e. The van der Waals surface area contributed by atoms with Crippen LogP contribution in [-0.2, 0) is 10.0 Å². The van der Waals surface area contributed by atoms with Gasteiger partial charge in [0.15, 0.2) is 0 Å². The first-order chi connectivity index (χ1) is 19.5. The van der Waals surface area contributed by atoms with Crippen molar-refractivity contribution in [2.75, 3.05) is 31.5 Å². The Morgan fingerprint density at radius 3 is 2.51 bits per heavy atom. The summed E-state index contributed by atoms with van der Waals surface area (Å²) in [5, 5.41) is 13.4. The number of aliphatic hydroxyl groups is 1. The first-order valence-electron chi connectivity index (χ1n) is 14.0. The Morgan fingerprint density at radius 1 is 1.17 bits per heavy atom. The van der Waals surface area contributed by atoms with E-state index in [1.54, 1.807) is 29.8 Å². The van der Waals surface area contributed by atoms with Crippen LogP contribution in [0.2, 0.25) is 5.02 Å². The minimum absolute atomic E-state index is 0.0233. The third-order valence-corrected chi connectivity index (χ3v) is 9.42. The fourth-order valence-corrected chi connectivity index (χ4v) is 6.39. The number of carbonyl (C=O) groups excluding carboxylic acids is 2. The number of benzene rings is 2. The number of sulfonamides is 1. The molecular formula is C29H39ClN4O6S. The third kappa shape index (κ3) is 7.64. The van der Waals surface area contributed by atoms with Crippen molar-refractivity contribution in [3.63, 3.8) is 0 Å². The van der Waals surface area contributed by atoms with Gasteiger partial charge in [-0.05, 0) is 62.2 Å². The number of likely N-dealkylation sites (N-methyl/N-ethyl adjacent to an activating group) is 1. The van der Waals surface area contributed by atoms with Gasteiger partial charge in [-0.25, -0.2) is 13.2 Å². The minimum atomic E-state index is -3.95. The molecule has 10 nitrogen and oxygen atoms in total. The highest BCUT2D eigenvalue weighted by atomic mass is 35.5. The number of carbonyl (C=O) groups is 2. The predicted molar refractivity (Wildman–Crippen MR) is 158 cm³/mol. The van der Waals surface area contributed by atoms with Crippen molar-refractivity contribution in [2.24, 2.45) is 5.92 Å². The highest BCUT2D eigenvalue weighted by molar-refractivity contribution is 7.92. The Labute approximate surface area is 247 Å². The van der Waals surface area contributed by atoms with Crippen LogP contribution in [0.15, 0.2) is 47.4 Å². The molecule has 3 amide bonds. The van der Waals surface area contributed by atoms with Gasteiger partial charge >= 0.3 is 6.03 Å². The lowest BCUT2D eigenvalue weighted by atomic mass is 9.96. The van der Waals surface area contributed by atoms with Crippen LogP contribution in [0.3, 0.4) is 0 Å². The molecule has 1 aliphatic carbocycles. The Balaban J connectivity index is 1.59. The van der Waals surface area contributed by atoms with Crippen molar-refractivity contribution in [1.29, 1.82) is 0 Å². The van der Waals surface area contributed by atoms with Gasteiger partial charge in [0, 0.05) is 36.3 Å². The maximum atomic E-state index is 13.7. The van der Waals surface area contributed by atoms with Gasteiger partial charge in [0.25, 0.3) is 15.9 Å². The SMILES string of the molecule is C[C@@H]1CN([C@@H](C)CO)C(=O)c2cc(NS(=O)(=O)c3ccc(Cl)cc3)ccc2O[C@H]1CN(C)C(=O)NC1CCCCC1. The summed E-state index contributed by atoms with van der Waals surface area (Å²) >= 11 is 5.90. The zero-order valence-electron chi connectivity index (χ0n) is 23.7. The van der Waals surface area contributed by atoms with Gasteiger partial charge in [-0.3, -0.25) is 9.52 Å². The molecular weight excluding hydrogens is 568 g/mol. The molecule has 0 aromatic heterocycles. The number of nitrogens with zero attached hydrogens (tertiary/aromatic N) is 2. The van der Waals surface area contributed by atoms with E-state index in [1.807, 2.05) is 6.92 Å². The third-order valence-electron chi connectivity index (χ3n) is 7.77. The molecule has 0 spiro atoms. The largest absolute Gasteiger partial charge is 0.487 e. The van der Waals surface area contributed by atoms with Gasteiger partial charge in [-0.1, -0.05) is 37.8 Å². The standard InChI is InChI=1S/C29H39ClN4O6S/c1-19-16-34(20(2)18-35)28(36)25-15-23(32-41(38,39)24-12-9-21(30)10-13-24)11-14-26(25)40-27(19)17-33(3)29(37)31-22-7-5-4-6-8-22/h9-15,19-20,22,27,32,35H,4-8,16-18H2,1-3H3,(H,31,37)/t19-,20+,27+/m1/s1. The average molecular weight is 607 g/mol. The fourth-order valence-electron chi connectivity index (χ4n) is 5.22. The summed E-state index contributed by atoms with van der Waals surface area (Å²) < 4.78 is 34.8. The summed E-state index contributed by atoms with van der Waals surface area (Å²) in [4.78, 5) is 29.8. The second-order valence-corrected chi connectivity index (χ2v) is 13.2. The van der Waals surface area contributed by atoms with Crippen LogP contribution >= 0.6 is 11.6 Å². The number of hydrogen-bond donors (Lipinski definition) is 3. The van der Waals surface area contributed by atoms with E-state index in [0.29, 0.717) is 5.02 Å². The Morgan fingerprint density at radius 2 is 1.85 bits per heavy atom. The van der Waals surface area contributed by atoms with E-state index in [1.165, 1.54) is 42.8 Å². The van der Waals surface area contributed by atoms with E-state index in [2.05, 4.69) is 10.0 Å². The maximum absolute atomic E-state index is 13.7. The summed E-state index contributed by atoms with van der Waals surface area (Å²) in [6.07, 6.45) is 4.90. The second-order valence-electron chi connectivity index (χ2n) is 11.1. The Hall–Kier alpha value is -3.02. The van der Waals surface area contributed by atoms with Crippen LogP contribution in [0.25, 0.3) is 0 Å². The summed E-state index contributed by atoms with van der Waals surface area (Å²) in [5.41, 5.74) is 0.342. The molecule has 4 rings (SSSR count). The van der Waals surface area contributed by atoms with Crippen molar-refractivity contribution in [3.05, 3.63) is 53.1 Å². The van der Waals surface area contributed by atoms with Gasteiger partial charge in [0.05, 0.1) is 29.7 Å². The van der Waals surface area contributed by atoms with Crippen LogP contribution in [0.1, 0.15) is 56.3 Å². The van der Waals surface area contributed by atoms with Crippen LogP contribution in [0.4, 0.5) is 10.5 Å². The molecule has 0 saturated heterocycles. The molecule has 2 aromatic carbocycles. The number of aliphatic hydroxyl groups excluding tert-OH is 1. The number of nitrogens with one attached hydrogen (secondary N) is 2. The molecule has 2 aromatic rings. The summed E-state index contributed by atoms with van der Waals surface area (Å²) in [5.74, 6) is -0.283. The lowest BCUT2D eigenvalue weighted by Gasteiger charge is -2.38. The van der Waals surface area contributed by atoms with E-state index in [-0.39, 0.29) is 65.5 Å². The molecule has 1 heterocycles. The van der Waals surface area contributed by atoms with Gasteiger partial charge in [0.1, 0.15) is 11.9 Å². The molecule has 0 radical (unpaired) electrons. The quantitative estimate of drug-likeness (QED) is 0.410. The molecule has 3 N–H and O–H groups in total. The fraction of sp³-hybridized carbons (Fsp3) is 0.517. The molecule has 1 fully saturated rings. The highest BCUT2D eigenvalue weighted by Crippen LogP contribution is 2.31. The topological polar surface area (TPSA) is 128 Å². The maximum Gasteiger partial charge on any atom is 0.317 e. The van der Waals surface area contributed by atoms with E-state index in [0.717, 1.165) is 25.7 Å². The van der Waals surface area contributed by atoms with Crippen LogP contribution in [0, 0.1) is 5.92 Å². The minimum Gasteiger partial charge on any atom is -0.487 e. The molecule has 1 aliphatic heterocycles. The molecule has 41 heavy (non-hydrogen) atoms. The molecule has 12 heteroatoms. The molecule has 0 bridgehead atoms. The molecule has 0 unspecified atom stereocenters. The molecule has 224 valence electrons. The molecule has 1 saturated carbocycles.